The summed E-state index contributed by atoms with van der Waals surface area (Å²) in [5.41, 5.74) is 18.8. The highest BCUT2D eigenvalue weighted by molar-refractivity contribution is 6.01. The molecule has 0 aromatic heterocycles. The zero-order chi connectivity index (χ0) is 36.0. The van der Waals surface area contributed by atoms with Gasteiger partial charge >= 0.3 is 0 Å². The Balaban J connectivity index is 0.000000364. The number of hydrogen-bond donors (Lipinski definition) is 1. The Bertz CT molecular complexity index is 2140. The average Bonchev–Trinajstić information content (AvgIpc) is 3.15. The molecule has 5 aromatic rings. The van der Waals surface area contributed by atoms with E-state index in [1.54, 1.807) is 0 Å². The first-order valence-electron chi connectivity index (χ1n) is 17.8. The highest BCUT2D eigenvalue weighted by Gasteiger charge is 2.15. The van der Waals surface area contributed by atoms with Gasteiger partial charge in [0, 0.05) is 5.69 Å². The molecule has 6 rings (SSSR count). The van der Waals surface area contributed by atoms with Crippen LogP contribution in [-0.2, 0) is 0 Å². The number of nitrogen functional groups attached to an aromatic ring is 1. The quantitative estimate of drug-likeness (QED) is 0.131. The Labute approximate surface area is 300 Å². The van der Waals surface area contributed by atoms with E-state index in [9.17, 15) is 0 Å². The van der Waals surface area contributed by atoms with Crippen molar-refractivity contribution < 1.29 is 0 Å². The van der Waals surface area contributed by atoms with E-state index in [1.165, 1.54) is 61.9 Å². The first-order chi connectivity index (χ1) is 24.2. The van der Waals surface area contributed by atoms with Crippen molar-refractivity contribution in [1.29, 1.82) is 0 Å². The van der Waals surface area contributed by atoms with E-state index < -0.39 is 0 Å². The minimum absolute atomic E-state index is 0.804. The fourth-order valence-electron chi connectivity index (χ4n) is 5.98. The predicted octanol–water partition coefficient (Wildman–Crippen LogP) is 12.6. The van der Waals surface area contributed by atoms with E-state index in [4.69, 9.17) is 5.73 Å². The Morgan fingerprint density at radius 2 is 1.40 bits per heavy atom. The number of fused-ring (bicyclic) bond motifs is 2. The summed E-state index contributed by atoms with van der Waals surface area (Å²) >= 11 is 0. The molecule has 5 aromatic carbocycles. The van der Waals surface area contributed by atoms with Gasteiger partial charge in [-0.1, -0.05) is 167 Å². The standard InChI is InChI=1S/C36H33N.C9H10.C4H10/c1-5-6-15-31-26(4)35(37)20-19-34(31)36-32-16-11-10-14-29(32)23-30-22-28(17-18-33(30)36)25(3)21-24(2)27-12-8-7-9-13-27;1-8(2)9-6-4-3-5-7-9;1-3-4-2/h5-9,12-23H,1-2,10-11,37H2,3-4H3;3-7H,1H2,2H3;3-4H2,1-2H3/b15-6-,25-21+;;. The molecule has 1 nitrogen and oxygen atoms in total. The molecule has 0 atom stereocenters. The van der Waals surface area contributed by atoms with Gasteiger partial charge < -0.3 is 5.73 Å². The summed E-state index contributed by atoms with van der Waals surface area (Å²) in [5, 5.41) is 5.10. The summed E-state index contributed by atoms with van der Waals surface area (Å²) in [4.78, 5) is 0. The van der Waals surface area contributed by atoms with Crippen LogP contribution in [0.25, 0.3) is 56.8 Å². The lowest BCUT2D eigenvalue weighted by atomic mass is 9.87. The summed E-state index contributed by atoms with van der Waals surface area (Å²) in [7, 11) is 0. The van der Waals surface area contributed by atoms with Gasteiger partial charge in [0.25, 0.3) is 0 Å². The molecule has 254 valence electrons. The zero-order valence-electron chi connectivity index (χ0n) is 30.7. The molecule has 0 saturated carbocycles. The molecule has 0 heterocycles. The molecule has 2 N–H and O–H groups in total. The molecule has 0 amide bonds. The number of unbranched alkanes of at least 4 members (excludes halogenated alkanes) is 1. The molecule has 0 saturated heterocycles. The second-order valence-electron chi connectivity index (χ2n) is 12.9. The lowest BCUT2D eigenvalue weighted by molar-refractivity contribution is 0.886. The van der Waals surface area contributed by atoms with Crippen LogP contribution in [0.3, 0.4) is 0 Å². The number of nitrogens with two attached hydrogens (primary N) is 1. The SMILES string of the molecule is C=C(C)c1ccccc1.C=C/C=C\c1c(-c2c3c(cc4cc(/C(C)=C/C(=C)c5ccccc5)ccc24)=CCCC=3)ccc(N)c1C.CCCC. The lowest BCUT2D eigenvalue weighted by Crippen LogP contribution is -2.29. The number of benzene rings is 5. The Hall–Kier alpha value is -5.40. The molecule has 0 radical (unpaired) electrons. The fraction of sp³-hybridized carbons (Fsp3) is 0.184. The normalized spacial score (nSPS) is 12.0. The smallest absolute Gasteiger partial charge is 0.0350 e. The van der Waals surface area contributed by atoms with E-state index in [2.05, 4.69) is 138 Å². The van der Waals surface area contributed by atoms with Crippen LogP contribution in [0.15, 0.2) is 135 Å². The first-order valence-corrected chi connectivity index (χ1v) is 17.8. The third-order valence-corrected chi connectivity index (χ3v) is 9.07. The minimum Gasteiger partial charge on any atom is -0.398 e. The minimum atomic E-state index is 0.804. The molecule has 0 fully saturated rings. The van der Waals surface area contributed by atoms with Gasteiger partial charge in [0.2, 0.25) is 0 Å². The van der Waals surface area contributed by atoms with E-state index >= 15 is 0 Å². The van der Waals surface area contributed by atoms with E-state index in [-0.39, 0.29) is 0 Å². The summed E-state index contributed by atoms with van der Waals surface area (Å²) < 4.78 is 0. The van der Waals surface area contributed by atoms with Gasteiger partial charge in [-0.2, -0.15) is 0 Å². The van der Waals surface area contributed by atoms with Crippen molar-refractivity contribution in [1.82, 2.24) is 0 Å². The van der Waals surface area contributed by atoms with Crippen LogP contribution in [0.5, 0.6) is 0 Å². The van der Waals surface area contributed by atoms with Crippen molar-refractivity contribution in [2.24, 2.45) is 0 Å². The number of anilines is 1. The topological polar surface area (TPSA) is 26.0 Å². The van der Waals surface area contributed by atoms with Crippen LogP contribution in [0, 0.1) is 6.92 Å². The number of allylic oxidation sites excluding steroid dienone is 6. The van der Waals surface area contributed by atoms with Crippen LogP contribution in [-0.4, -0.2) is 0 Å². The number of hydrogen-bond acceptors (Lipinski definition) is 1. The first kappa shape index (κ1) is 37.4. The Morgan fingerprint density at radius 1 is 0.760 bits per heavy atom. The molecule has 50 heavy (non-hydrogen) atoms. The molecule has 0 bridgehead atoms. The third-order valence-electron chi connectivity index (χ3n) is 9.07. The van der Waals surface area contributed by atoms with E-state index in [0.29, 0.717) is 0 Å². The largest absolute Gasteiger partial charge is 0.398 e. The number of rotatable bonds is 8. The van der Waals surface area contributed by atoms with Gasteiger partial charge in [-0.15, -0.1) is 0 Å². The highest BCUT2D eigenvalue weighted by Crippen LogP contribution is 2.34. The summed E-state index contributed by atoms with van der Waals surface area (Å²) in [6, 6.07) is 33.9. The molecule has 1 aliphatic rings. The molecular weight excluding hydrogens is 603 g/mol. The van der Waals surface area contributed by atoms with Crippen LogP contribution < -0.4 is 16.2 Å². The maximum Gasteiger partial charge on any atom is 0.0350 e. The Morgan fingerprint density at radius 3 is 2.00 bits per heavy atom. The van der Waals surface area contributed by atoms with E-state index in [1.807, 2.05) is 49.4 Å². The van der Waals surface area contributed by atoms with Gasteiger partial charge in [-0.25, -0.2) is 0 Å². The van der Waals surface area contributed by atoms with Crippen molar-refractivity contribution in [3.63, 3.8) is 0 Å². The second-order valence-corrected chi connectivity index (χ2v) is 12.9. The van der Waals surface area contributed by atoms with Crippen LogP contribution in [0.1, 0.15) is 81.2 Å². The average molecular weight is 656 g/mol. The lowest BCUT2D eigenvalue weighted by Gasteiger charge is -2.17. The summed E-state index contributed by atoms with van der Waals surface area (Å²) in [5.74, 6) is 0. The van der Waals surface area contributed by atoms with Gasteiger partial charge in [0.15, 0.2) is 0 Å². The van der Waals surface area contributed by atoms with Crippen LogP contribution in [0.4, 0.5) is 5.69 Å². The second kappa shape index (κ2) is 18.4. The van der Waals surface area contributed by atoms with Gasteiger partial charge in [0.1, 0.15) is 0 Å². The van der Waals surface area contributed by atoms with Gasteiger partial charge in [-0.05, 0) is 123 Å². The third kappa shape index (κ3) is 9.39. The van der Waals surface area contributed by atoms with Crippen molar-refractivity contribution >= 4 is 51.4 Å². The van der Waals surface area contributed by atoms with E-state index in [0.717, 1.165) is 46.4 Å². The van der Waals surface area contributed by atoms with Gasteiger partial charge in [-0.3, -0.25) is 0 Å². The molecule has 1 heteroatoms. The molecule has 0 spiro atoms. The summed E-state index contributed by atoms with van der Waals surface area (Å²) in [6.45, 7) is 22.6. The predicted molar refractivity (Wildman–Crippen MR) is 226 cm³/mol. The van der Waals surface area contributed by atoms with Crippen molar-refractivity contribution in [2.75, 3.05) is 5.73 Å². The van der Waals surface area contributed by atoms with Crippen LogP contribution >= 0.6 is 0 Å². The molecule has 0 unspecified atom stereocenters. The maximum atomic E-state index is 6.34. The monoisotopic (exact) mass is 655 g/mol. The summed E-state index contributed by atoms with van der Waals surface area (Å²) in [6.07, 6.45) is 17.6. The van der Waals surface area contributed by atoms with Crippen LogP contribution in [0.2, 0.25) is 0 Å². The van der Waals surface area contributed by atoms with Gasteiger partial charge in [0.05, 0.1) is 0 Å². The fourth-order valence-corrected chi connectivity index (χ4v) is 5.98. The zero-order valence-corrected chi connectivity index (χ0v) is 30.7. The van der Waals surface area contributed by atoms with Crippen molar-refractivity contribution in [3.05, 3.63) is 173 Å². The maximum absolute atomic E-state index is 6.34. The molecule has 0 aliphatic heterocycles. The van der Waals surface area contributed by atoms with Crippen molar-refractivity contribution in [3.8, 4) is 11.1 Å². The van der Waals surface area contributed by atoms with Crippen molar-refractivity contribution in [2.45, 2.75) is 60.3 Å². The molecular formula is C49H53N. The Kier molecular flexibility index (Phi) is 13.8. The molecule has 1 aliphatic carbocycles. The highest BCUT2D eigenvalue weighted by atomic mass is 14.6.